The average molecular weight is 287 g/mol. The molecule has 1 aromatic carbocycles. The highest BCUT2D eigenvalue weighted by molar-refractivity contribution is 14.1. The fourth-order valence-corrected chi connectivity index (χ4v) is 2.46. The van der Waals surface area contributed by atoms with Gasteiger partial charge in [-0.1, -0.05) is 19.1 Å². The molecule has 70 valence electrons. The number of hydrogen-bond donors (Lipinski definition) is 0. The molecule has 1 fully saturated rings. The predicted molar refractivity (Wildman–Crippen MR) is 65.2 cm³/mol. The van der Waals surface area contributed by atoms with Gasteiger partial charge < -0.3 is 4.90 Å². The first-order valence-corrected chi connectivity index (χ1v) is 5.88. The van der Waals surface area contributed by atoms with Gasteiger partial charge in [0, 0.05) is 16.7 Å². The first-order valence-electron chi connectivity index (χ1n) is 4.80. The minimum absolute atomic E-state index is 0.927. The summed E-state index contributed by atoms with van der Waals surface area (Å²) in [6.07, 6.45) is 1.32. The van der Waals surface area contributed by atoms with Gasteiger partial charge in [-0.05, 0) is 47.1 Å². The molecule has 0 unspecified atom stereocenters. The van der Waals surface area contributed by atoms with Crippen molar-refractivity contribution in [1.29, 1.82) is 0 Å². The van der Waals surface area contributed by atoms with Crippen molar-refractivity contribution in [3.8, 4) is 0 Å². The zero-order valence-electron chi connectivity index (χ0n) is 7.83. The maximum absolute atomic E-state index is 2.47. The summed E-state index contributed by atoms with van der Waals surface area (Å²) in [6.45, 7) is 4.77. The SMILES string of the molecule is CCC1CN(c2ccccc2I)C1. The molecule has 1 heterocycles. The second-order valence-electron chi connectivity index (χ2n) is 3.63. The molecule has 0 aromatic heterocycles. The van der Waals surface area contributed by atoms with Crippen molar-refractivity contribution in [2.24, 2.45) is 5.92 Å². The summed E-state index contributed by atoms with van der Waals surface area (Å²) in [5, 5.41) is 0. The van der Waals surface area contributed by atoms with Crippen LogP contribution in [0, 0.1) is 9.49 Å². The number of nitrogens with zero attached hydrogens (tertiary/aromatic N) is 1. The van der Waals surface area contributed by atoms with E-state index in [0.29, 0.717) is 0 Å². The number of anilines is 1. The normalized spacial score (nSPS) is 17.2. The number of para-hydroxylation sites is 1. The summed E-state index contributed by atoms with van der Waals surface area (Å²) in [4.78, 5) is 2.47. The molecule has 0 bridgehead atoms. The van der Waals surface area contributed by atoms with E-state index in [4.69, 9.17) is 0 Å². The Morgan fingerprint density at radius 1 is 1.38 bits per heavy atom. The zero-order chi connectivity index (χ0) is 9.26. The highest BCUT2D eigenvalue weighted by atomic mass is 127. The first kappa shape index (κ1) is 9.31. The van der Waals surface area contributed by atoms with Crippen LogP contribution in [0.3, 0.4) is 0 Å². The minimum Gasteiger partial charge on any atom is -0.370 e. The van der Waals surface area contributed by atoms with E-state index < -0.39 is 0 Å². The van der Waals surface area contributed by atoms with Crippen molar-refractivity contribution in [2.45, 2.75) is 13.3 Å². The number of halogens is 1. The molecule has 0 saturated carbocycles. The third-order valence-electron chi connectivity index (χ3n) is 2.73. The number of hydrogen-bond acceptors (Lipinski definition) is 1. The molecule has 0 atom stereocenters. The minimum atomic E-state index is 0.927. The third kappa shape index (κ3) is 1.82. The van der Waals surface area contributed by atoms with Gasteiger partial charge in [-0.2, -0.15) is 0 Å². The summed E-state index contributed by atoms with van der Waals surface area (Å²) in [6, 6.07) is 8.61. The lowest BCUT2D eigenvalue weighted by Gasteiger charge is -2.41. The number of rotatable bonds is 2. The van der Waals surface area contributed by atoms with Gasteiger partial charge >= 0.3 is 0 Å². The van der Waals surface area contributed by atoms with E-state index in [0.717, 1.165) is 5.92 Å². The van der Waals surface area contributed by atoms with E-state index in [2.05, 4.69) is 58.7 Å². The average Bonchev–Trinajstić information content (AvgIpc) is 2.06. The molecule has 0 amide bonds. The van der Waals surface area contributed by atoms with Crippen LogP contribution in [0.5, 0.6) is 0 Å². The molecule has 2 heteroatoms. The molecular formula is C11H14IN. The summed E-state index contributed by atoms with van der Waals surface area (Å²) >= 11 is 2.41. The largest absolute Gasteiger partial charge is 0.370 e. The Balaban J connectivity index is 2.07. The molecular weight excluding hydrogens is 273 g/mol. The summed E-state index contributed by atoms with van der Waals surface area (Å²) in [5.74, 6) is 0.927. The van der Waals surface area contributed by atoms with Crippen molar-refractivity contribution in [2.75, 3.05) is 18.0 Å². The number of benzene rings is 1. The molecule has 1 aliphatic heterocycles. The maximum Gasteiger partial charge on any atom is 0.0502 e. The zero-order valence-corrected chi connectivity index (χ0v) is 9.99. The molecule has 1 nitrogen and oxygen atoms in total. The molecule has 13 heavy (non-hydrogen) atoms. The van der Waals surface area contributed by atoms with Gasteiger partial charge in [0.2, 0.25) is 0 Å². The Labute approximate surface area is 93.3 Å². The highest BCUT2D eigenvalue weighted by Gasteiger charge is 2.25. The van der Waals surface area contributed by atoms with Crippen LogP contribution in [0.4, 0.5) is 5.69 Å². The molecule has 0 radical (unpaired) electrons. The van der Waals surface area contributed by atoms with Gasteiger partial charge in [0.05, 0.1) is 5.69 Å². The Bertz CT molecular complexity index is 292. The Hall–Kier alpha value is -0.250. The van der Waals surface area contributed by atoms with Crippen LogP contribution in [0.25, 0.3) is 0 Å². The lowest BCUT2D eigenvalue weighted by Crippen LogP contribution is -2.46. The van der Waals surface area contributed by atoms with Gasteiger partial charge in [-0.3, -0.25) is 0 Å². The Morgan fingerprint density at radius 2 is 2.08 bits per heavy atom. The molecule has 0 aliphatic carbocycles. The summed E-state index contributed by atoms with van der Waals surface area (Å²) in [5.41, 5.74) is 1.41. The molecule has 1 aliphatic rings. The van der Waals surface area contributed by atoms with E-state index in [9.17, 15) is 0 Å². The van der Waals surface area contributed by atoms with Crippen molar-refractivity contribution in [3.63, 3.8) is 0 Å². The van der Waals surface area contributed by atoms with Crippen LogP contribution in [-0.2, 0) is 0 Å². The Morgan fingerprint density at radius 3 is 2.69 bits per heavy atom. The van der Waals surface area contributed by atoms with Gasteiger partial charge in [-0.25, -0.2) is 0 Å². The quantitative estimate of drug-likeness (QED) is 0.755. The van der Waals surface area contributed by atoms with E-state index in [1.807, 2.05) is 0 Å². The van der Waals surface area contributed by atoms with Crippen molar-refractivity contribution in [1.82, 2.24) is 0 Å². The fraction of sp³-hybridized carbons (Fsp3) is 0.455. The molecule has 1 saturated heterocycles. The Kier molecular flexibility index (Phi) is 2.77. The van der Waals surface area contributed by atoms with Gasteiger partial charge in [0.15, 0.2) is 0 Å². The summed E-state index contributed by atoms with van der Waals surface area (Å²) < 4.78 is 1.37. The standard InChI is InChI=1S/C11H14IN/c1-2-9-7-13(8-9)11-6-4-3-5-10(11)12/h3-6,9H,2,7-8H2,1H3. The highest BCUT2D eigenvalue weighted by Crippen LogP contribution is 2.29. The van der Waals surface area contributed by atoms with Crippen LogP contribution in [0.15, 0.2) is 24.3 Å². The van der Waals surface area contributed by atoms with Crippen LogP contribution in [0.2, 0.25) is 0 Å². The van der Waals surface area contributed by atoms with E-state index in [1.54, 1.807) is 0 Å². The second-order valence-corrected chi connectivity index (χ2v) is 4.79. The van der Waals surface area contributed by atoms with Crippen molar-refractivity contribution < 1.29 is 0 Å². The van der Waals surface area contributed by atoms with Crippen LogP contribution >= 0.6 is 22.6 Å². The van der Waals surface area contributed by atoms with Crippen LogP contribution in [0.1, 0.15) is 13.3 Å². The van der Waals surface area contributed by atoms with Gasteiger partial charge in [0.1, 0.15) is 0 Å². The lowest BCUT2D eigenvalue weighted by atomic mass is 9.97. The summed E-state index contributed by atoms with van der Waals surface area (Å²) in [7, 11) is 0. The van der Waals surface area contributed by atoms with E-state index in [-0.39, 0.29) is 0 Å². The maximum atomic E-state index is 2.47. The molecule has 2 rings (SSSR count). The topological polar surface area (TPSA) is 3.24 Å². The van der Waals surface area contributed by atoms with Gasteiger partial charge in [0.25, 0.3) is 0 Å². The first-order chi connectivity index (χ1) is 6.31. The van der Waals surface area contributed by atoms with Crippen molar-refractivity contribution in [3.05, 3.63) is 27.8 Å². The third-order valence-corrected chi connectivity index (χ3v) is 3.64. The predicted octanol–water partition coefficient (Wildman–Crippen LogP) is 3.14. The van der Waals surface area contributed by atoms with Crippen LogP contribution < -0.4 is 4.90 Å². The molecule has 0 N–H and O–H groups in total. The smallest absolute Gasteiger partial charge is 0.0502 e. The van der Waals surface area contributed by atoms with Gasteiger partial charge in [-0.15, -0.1) is 0 Å². The van der Waals surface area contributed by atoms with E-state index in [1.165, 1.54) is 28.8 Å². The van der Waals surface area contributed by atoms with E-state index >= 15 is 0 Å². The van der Waals surface area contributed by atoms with Crippen LogP contribution in [-0.4, -0.2) is 13.1 Å². The second kappa shape index (κ2) is 3.86. The van der Waals surface area contributed by atoms with Crippen molar-refractivity contribution >= 4 is 28.3 Å². The molecule has 0 spiro atoms. The fourth-order valence-electron chi connectivity index (χ4n) is 1.73. The lowest BCUT2D eigenvalue weighted by molar-refractivity contribution is 0.398. The monoisotopic (exact) mass is 287 g/mol. The molecule has 1 aromatic rings.